The maximum absolute atomic E-state index is 11.7. The zero-order chi connectivity index (χ0) is 18.6. The number of nitrogens with zero attached hydrogens (tertiary/aromatic N) is 1. The van der Waals surface area contributed by atoms with E-state index in [4.69, 9.17) is 0 Å². The topological polar surface area (TPSA) is 65.2 Å². The molecule has 1 atom stereocenters. The van der Waals surface area contributed by atoms with Gasteiger partial charge in [-0.25, -0.2) is 0 Å². The number of thiazole rings is 1. The zero-order valence-corrected chi connectivity index (χ0v) is 15.9. The molecule has 2 aromatic carbocycles. The van der Waals surface area contributed by atoms with Crippen LogP contribution >= 0.6 is 11.3 Å². The van der Waals surface area contributed by atoms with E-state index in [0.29, 0.717) is 5.92 Å². The lowest BCUT2D eigenvalue weighted by atomic mass is 9.90. The molecular formula is C21H23N3O2S. The third-order valence-electron chi connectivity index (χ3n) is 5.27. The molecule has 2 N–H and O–H groups in total. The molecule has 27 heavy (non-hydrogen) atoms. The number of likely N-dealkylation sites (tertiary alicyclic amines) is 1. The number of benzene rings is 2. The Morgan fingerprint density at radius 1 is 1.19 bits per heavy atom. The second-order valence-electron chi connectivity index (χ2n) is 7.12. The summed E-state index contributed by atoms with van der Waals surface area (Å²) in [5.74, 6) is 0.671. The standard InChI is InChI=1S/C21H23N3O2S/c25-14-20(22-17-6-7-18-19(13-17)27-21(26)23-18)24-10-8-16(9-11-24)12-15-4-2-1-3-5-15/h1-7,13-14,16,20,22H,8-12H2,(H,23,26). The van der Waals surface area contributed by atoms with Gasteiger partial charge in [-0.05, 0) is 48.9 Å². The van der Waals surface area contributed by atoms with Gasteiger partial charge in [-0.15, -0.1) is 0 Å². The summed E-state index contributed by atoms with van der Waals surface area (Å²) in [6, 6.07) is 16.3. The molecule has 0 aliphatic carbocycles. The highest BCUT2D eigenvalue weighted by molar-refractivity contribution is 7.16. The number of hydrogen-bond acceptors (Lipinski definition) is 5. The predicted octanol–water partition coefficient (Wildman–Crippen LogP) is 3.48. The first-order valence-electron chi connectivity index (χ1n) is 9.34. The first kappa shape index (κ1) is 17.9. The number of hydrogen-bond donors (Lipinski definition) is 2. The number of piperidine rings is 1. The van der Waals surface area contributed by atoms with Crippen molar-refractivity contribution in [2.24, 2.45) is 5.92 Å². The molecule has 1 aromatic heterocycles. The molecule has 1 aliphatic rings. The lowest BCUT2D eigenvalue weighted by Gasteiger charge is -2.36. The zero-order valence-electron chi connectivity index (χ0n) is 15.1. The summed E-state index contributed by atoms with van der Waals surface area (Å²) in [7, 11) is 0. The van der Waals surface area contributed by atoms with Gasteiger partial charge < -0.3 is 10.3 Å². The van der Waals surface area contributed by atoms with Crippen molar-refractivity contribution in [2.45, 2.75) is 25.4 Å². The fraction of sp³-hybridized carbons (Fsp3) is 0.333. The lowest BCUT2D eigenvalue weighted by molar-refractivity contribution is -0.112. The van der Waals surface area contributed by atoms with Gasteiger partial charge in [0.25, 0.3) is 0 Å². The van der Waals surface area contributed by atoms with Gasteiger partial charge in [-0.3, -0.25) is 14.5 Å². The van der Waals surface area contributed by atoms with Gasteiger partial charge in [0, 0.05) is 18.8 Å². The number of rotatable bonds is 6. The second-order valence-corrected chi connectivity index (χ2v) is 8.13. The van der Waals surface area contributed by atoms with Crippen LogP contribution in [0, 0.1) is 5.92 Å². The molecule has 0 bridgehead atoms. The number of fused-ring (bicyclic) bond motifs is 1. The molecule has 1 fully saturated rings. The van der Waals surface area contributed by atoms with E-state index in [9.17, 15) is 9.59 Å². The molecule has 1 saturated heterocycles. The second kappa shape index (κ2) is 8.06. The first-order valence-corrected chi connectivity index (χ1v) is 10.2. The van der Waals surface area contributed by atoms with Crippen molar-refractivity contribution in [2.75, 3.05) is 18.4 Å². The van der Waals surface area contributed by atoms with Crippen molar-refractivity contribution >= 4 is 33.5 Å². The van der Waals surface area contributed by atoms with Crippen LogP contribution in [-0.2, 0) is 11.2 Å². The molecule has 140 valence electrons. The van der Waals surface area contributed by atoms with Crippen molar-refractivity contribution in [3.63, 3.8) is 0 Å². The molecule has 4 rings (SSSR count). The highest BCUT2D eigenvalue weighted by atomic mass is 32.1. The van der Waals surface area contributed by atoms with Crippen LogP contribution in [0.5, 0.6) is 0 Å². The highest BCUT2D eigenvalue weighted by Gasteiger charge is 2.25. The first-order chi connectivity index (χ1) is 13.2. The Bertz CT molecular complexity index is 958. The molecule has 5 nitrogen and oxygen atoms in total. The minimum absolute atomic E-state index is 0.0606. The average Bonchev–Trinajstić information content (AvgIpc) is 3.07. The summed E-state index contributed by atoms with van der Waals surface area (Å²) >= 11 is 1.18. The van der Waals surface area contributed by atoms with Crippen LogP contribution in [0.25, 0.3) is 10.2 Å². The van der Waals surface area contributed by atoms with Crippen LogP contribution in [0.4, 0.5) is 5.69 Å². The summed E-state index contributed by atoms with van der Waals surface area (Å²) in [6.07, 6.45) is 3.94. The third-order valence-corrected chi connectivity index (χ3v) is 6.12. The Morgan fingerprint density at radius 2 is 1.96 bits per heavy atom. The van der Waals surface area contributed by atoms with Crippen LogP contribution in [0.15, 0.2) is 53.3 Å². The summed E-state index contributed by atoms with van der Waals surface area (Å²) < 4.78 is 0.899. The highest BCUT2D eigenvalue weighted by Crippen LogP contribution is 2.24. The van der Waals surface area contributed by atoms with Gasteiger partial charge in [0.1, 0.15) is 6.17 Å². The summed E-state index contributed by atoms with van der Waals surface area (Å²) in [6.45, 7) is 1.82. The Balaban J connectivity index is 1.36. The molecule has 3 aromatic rings. The maximum Gasteiger partial charge on any atom is 0.305 e. The molecule has 1 aliphatic heterocycles. The number of anilines is 1. The molecule has 0 amide bonds. The summed E-state index contributed by atoms with van der Waals surface area (Å²) in [4.78, 5) is 28.1. The molecule has 0 radical (unpaired) electrons. The largest absolute Gasteiger partial charge is 0.364 e. The number of aromatic amines is 1. The normalized spacial score (nSPS) is 17.0. The Kier molecular flexibility index (Phi) is 5.36. The van der Waals surface area contributed by atoms with Crippen LogP contribution < -0.4 is 10.2 Å². The fourth-order valence-corrected chi connectivity index (χ4v) is 4.58. The molecule has 0 spiro atoms. The molecule has 6 heteroatoms. The minimum Gasteiger partial charge on any atom is -0.364 e. The maximum atomic E-state index is 11.7. The van der Waals surface area contributed by atoms with Crippen molar-refractivity contribution in [1.29, 1.82) is 0 Å². The average molecular weight is 382 g/mol. The van der Waals surface area contributed by atoms with Crippen LogP contribution in [-0.4, -0.2) is 35.4 Å². The van der Waals surface area contributed by atoms with Crippen molar-refractivity contribution in [3.05, 3.63) is 63.8 Å². The number of H-pyrrole nitrogens is 1. The van der Waals surface area contributed by atoms with Gasteiger partial charge in [0.15, 0.2) is 6.29 Å². The Labute approximate surface area is 162 Å². The van der Waals surface area contributed by atoms with E-state index in [1.807, 2.05) is 18.2 Å². The molecule has 2 heterocycles. The van der Waals surface area contributed by atoms with Crippen molar-refractivity contribution < 1.29 is 4.79 Å². The van der Waals surface area contributed by atoms with E-state index in [2.05, 4.69) is 45.5 Å². The quantitative estimate of drug-likeness (QED) is 0.642. The summed E-state index contributed by atoms with van der Waals surface area (Å²) in [5, 5.41) is 3.31. The van der Waals surface area contributed by atoms with Crippen LogP contribution in [0.1, 0.15) is 18.4 Å². The van der Waals surface area contributed by atoms with E-state index >= 15 is 0 Å². The van der Waals surface area contributed by atoms with Gasteiger partial charge in [-0.1, -0.05) is 41.7 Å². The van der Waals surface area contributed by atoms with E-state index in [-0.39, 0.29) is 11.0 Å². The van der Waals surface area contributed by atoms with Gasteiger partial charge in [0.05, 0.1) is 10.2 Å². The van der Waals surface area contributed by atoms with Crippen LogP contribution in [0.2, 0.25) is 0 Å². The smallest absolute Gasteiger partial charge is 0.305 e. The molecular weight excluding hydrogens is 358 g/mol. The third kappa shape index (κ3) is 4.28. The van der Waals surface area contributed by atoms with E-state index in [1.165, 1.54) is 16.9 Å². The predicted molar refractivity (Wildman–Crippen MR) is 110 cm³/mol. The van der Waals surface area contributed by atoms with Crippen molar-refractivity contribution in [3.8, 4) is 0 Å². The SMILES string of the molecule is O=CC(Nc1ccc2[nH]c(=O)sc2c1)N1CCC(Cc2ccccc2)CC1. The van der Waals surface area contributed by atoms with E-state index in [0.717, 1.165) is 54.5 Å². The lowest BCUT2D eigenvalue weighted by Crippen LogP contribution is -2.46. The Morgan fingerprint density at radius 3 is 2.70 bits per heavy atom. The number of nitrogens with one attached hydrogen (secondary N) is 2. The number of aldehydes is 1. The van der Waals surface area contributed by atoms with Gasteiger partial charge in [0.2, 0.25) is 0 Å². The monoisotopic (exact) mass is 381 g/mol. The Hall–Kier alpha value is -2.44. The van der Waals surface area contributed by atoms with Crippen molar-refractivity contribution in [1.82, 2.24) is 9.88 Å². The minimum atomic E-state index is -0.337. The summed E-state index contributed by atoms with van der Waals surface area (Å²) in [5.41, 5.74) is 3.08. The number of aromatic nitrogens is 1. The fourth-order valence-electron chi connectivity index (χ4n) is 3.80. The van der Waals surface area contributed by atoms with Gasteiger partial charge >= 0.3 is 4.87 Å². The number of carbonyl (C=O) groups is 1. The number of carbonyl (C=O) groups excluding carboxylic acids is 1. The van der Waals surface area contributed by atoms with E-state index < -0.39 is 0 Å². The van der Waals surface area contributed by atoms with Crippen LogP contribution in [0.3, 0.4) is 0 Å². The van der Waals surface area contributed by atoms with E-state index in [1.54, 1.807) is 0 Å². The molecule has 1 unspecified atom stereocenters. The van der Waals surface area contributed by atoms with Gasteiger partial charge in [-0.2, -0.15) is 0 Å². The molecule has 0 saturated carbocycles.